The Morgan fingerprint density at radius 1 is 0.372 bits per heavy atom. The van der Waals surface area contributed by atoms with Crippen molar-refractivity contribution < 1.29 is 52.2 Å². The minimum atomic E-state index is -4.77. The van der Waals surface area contributed by atoms with E-state index in [1.54, 1.807) is 0 Å². The Labute approximate surface area is 476 Å². The first-order chi connectivity index (χ1) is 38.2. The molecule has 78 heavy (non-hydrogen) atoms. The summed E-state index contributed by atoms with van der Waals surface area (Å²) in [7, 11) is -4.77. The second kappa shape index (κ2) is 59.5. The second-order valence-corrected chi connectivity index (χ2v) is 21.9. The Hall–Kier alpha value is -3.60. The highest BCUT2D eigenvalue weighted by Crippen LogP contribution is 2.43. The van der Waals surface area contributed by atoms with Gasteiger partial charge in [0.05, 0.1) is 19.8 Å². The van der Waals surface area contributed by atoms with E-state index in [9.17, 15) is 28.9 Å². The van der Waals surface area contributed by atoms with E-state index in [-0.39, 0.29) is 25.9 Å². The average molecular weight is 1110 g/mol. The quantitative estimate of drug-likeness (QED) is 0.0197. The number of aliphatic hydroxyl groups is 1. The Morgan fingerprint density at radius 3 is 1.08 bits per heavy atom. The number of esters is 3. The third kappa shape index (κ3) is 57.1. The molecule has 0 heterocycles. The number of hydrogen-bond acceptors (Lipinski definition) is 10. The van der Waals surface area contributed by atoms with Crippen LogP contribution in [0.4, 0.5) is 0 Å². The highest BCUT2D eigenvalue weighted by molar-refractivity contribution is 7.47. The molecular formula is C66H113O11P. The molecule has 0 aromatic heterocycles. The number of rotatable bonds is 57. The van der Waals surface area contributed by atoms with Gasteiger partial charge in [-0.3, -0.25) is 23.4 Å². The molecule has 3 unspecified atom stereocenters. The van der Waals surface area contributed by atoms with Crippen molar-refractivity contribution >= 4 is 25.7 Å². The number of phosphoric ester groups is 1. The van der Waals surface area contributed by atoms with E-state index in [4.69, 9.17) is 23.3 Å². The molecule has 0 fully saturated rings. The van der Waals surface area contributed by atoms with Crippen LogP contribution in [0, 0.1) is 0 Å². The summed E-state index contributed by atoms with van der Waals surface area (Å²) in [6, 6.07) is 0. The van der Waals surface area contributed by atoms with Crippen LogP contribution in [-0.2, 0) is 42.2 Å². The van der Waals surface area contributed by atoms with Gasteiger partial charge in [-0.05, 0) is 109 Å². The molecule has 2 N–H and O–H groups in total. The number of aliphatic hydroxyl groups excluding tert-OH is 1. The lowest BCUT2D eigenvalue weighted by molar-refractivity contribution is -0.161. The molecule has 3 atom stereocenters. The number of carbonyl (C=O) groups is 3. The number of ether oxygens (including phenoxy) is 3. The zero-order valence-corrected chi connectivity index (χ0v) is 50.5. The topological polar surface area (TPSA) is 155 Å². The van der Waals surface area contributed by atoms with Crippen LogP contribution in [-0.4, -0.2) is 66.5 Å². The normalized spacial score (nSPS) is 14.0. The fourth-order valence-corrected chi connectivity index (χ4v) is 9.04. The van der Waals surface area contributed by atoms with Gasteiger partial charge in [-0.25, -0.2) is 4.57 Å². The monoisotopic (exact) mass is 1110 g/mol. The van der Waals surface area contributed by atoms with Gasteiger partial charge >= 0.3 is 25.7 Å². The average Bonchev–Trinajstić information content (AvgIpc) is 3.43. The molecule has 0 rings (SSSR count). The zero-order chi connectivity index (χ0) is 56.9. The molecule has 0 radical (unpaired) electrons. The lowest BCUT2D eigenvalue weighted by Gasteiger charge is -2.21. The van der Waals surface area contributed by atoms with Crippen LogP contribution in [0.15, 0.2) is 97.2 Å². The first kappa shape index (κ1) is 74.4. The van der Waals surface area contributed by atoms with Gasteiger partial charge in [0.2, 0.25) is 0 Å². The maximum absolute atomic E-state index is 12.9. The van der Waals surface area contributed by atoms with Crippen LogP contribution in [0.2, 0.25) is 0 Å². The predicted molar refractivity (Wildman–Crippen MR) is 325 cm³/mol. The fraction of sp³-hybridized carbons (Fsp3) is 0.712. The van der Waals surface area contributed by atoms with Crippen LogP contribution >= 0.6 is 7.82 Å². The van der Waals surface area contributed by atoms with Crippen LogP contribution in [0.25, 0.3) is 0 Å². The number of unbranched alkanes of at least 4 members (excludes halogenated alkanes) is 24. The lowest BCUT2D eigenvalue weighted by atomic mass is 10.1. The van der Waals surface area contributed by atoms with E-state index in [0.717, 1.165) is 89.9 Å². The molecule has 0 aromatic carbocycles. The van der Waals surface area contributed by atoms with Gasteiger partial charge in [-0.2, -0.15) is 0 Å². The highest BCUT2D eigenvalue weighted by Gasteiger charge is 2.28. The van der Waals surface area contributed by atoms with Crippen LogP contribution < -0.4 is 0 Å². The summed E-state index contributed by atoms with van der Waals surface area (Å²) in [5.41, 5.74) is 0. The number of carbonyl (C=O) groups excluding carboxylic acids is 3. The van der Waals surface area contributed by atoms with Gasteiger partial charge in [0.1, 0.15) is 12.7 Å². The molecule has 0 saturated carbocycles. The summed E-state index contributed by atoms with van der Waals surface area (Å²) in [4.78, 5) is 48.6. The van der Waals surface area contributed by atoms with Crippen molar-refractivity contribution in [3.05, 3.63) is 97.2 Å². The van der Waals surface area contributed by atoms with Crippen molar-refractivity contribution in [3.63, 3.8) is 0 Å². The zero-order valence-electron chi connectivity index (χ0n) is 49.6. The van der Waals surface area contributed by atoms with E-state index in [1.165, 1.54) is 116 Å². The third-order valence-electron chi connectivity index (χ3n) is 13.0. The van der Waals surface area contributed by atoms with Gasteiger partial charge in [-0.15, -0.1) is 0 Å². The molecule has 0 aromatic rings. The lowest BCUT2D eigenvalue weighted by Crippen LogP contribution is -2.30. The van der Waals surface area contributed by atoms with Crippen molar-refractivity contribution in [1.29, 1.82) is 0 Å². The minimum absolute atomic E-state index is 0.101. The minimum Gasteiger partial charge on any atom is -0.462 e. The Kier molecular flexibility index (Phi) is 56.8. The second-order valence-electron chi connectivity index (χ2n) is 20.5. The molecule has 0 spiro atoms. The predicted octanol–water partition coefficient (Wildman–Crippen LogP) is 18.8. The van der Waals surface area contributed by atoms with Crippen molar-refractivity contribution in [2.75, 3.05) is 26.4 Å². The summed E-state index contributed by atoms with van der Waals surface area (Å²) < 4.78 is 39.5. The van der Waals surface area contributed by atoms with Crippen LogP contribution in [0.5, 0.6) is 0 Å². The van der Waals surface area contributed by atoms with Crippen molar-refractivity contribution in [2.45, 2.75) is 277 Å². The maximum Gasteiger partial charge on any atom is 0.472 e. The van der Waals surface area contributed by atoms with Gasteiger partial charge in [0.15, 0.2) is 6.10 Å². The molecule has 448 valence electrons. The first-order valence-electron chi connectivity index (χ1n) is 31.1. The van der Waals surface area contributed by atoms with E-state index < -0.39 is 57.8 Å². The van der Waals surface area contributed by atoms with E-state index in [1.807, 2.05) is 12.2 Å². The smallest absolute Gasteiger partial charge is 0.462 e. The number of allylic oxidation sites excluding steroid dienone is 16. The van der Waals surface area contributed by atoms with Crippen molar-refractivity contribution in [3.8, 4) is 0 Å². The van der Waals surface area contributed by atoms with Gasteiger partial charge in [0, 0.05) is 19.3 Å². The molecule has 0 aliphatic heterocycles. The summed E-state index contributed by atoms with van der Waals surface area (Å²) in [5.74, 6) is -1.57. The standard InChI is InChI=1S/C66H113O11P/c1-4-7-10-13-16-19-22-25-27-29-31-33-35-38-41-44-47-50-53-56-65(69)76-62(58-67)60-74-78(71,72)75-61-63(59-73-64(68)55-52-49-46-43-40-37-24-21-18-15-12-9-6-3)77-66(70)57-54-51-48-45-42-39-36-34-32-30-28-26-23-20-17-14-11-8-5-2/h9,12,16-21,25-28,37,40,46,49,62-63,67H,4-8,10-11,13-15,22-24,29-36,38-39,41-45,47-48,50-61H2,1-3H3,(H,71,72)/b12-9-,19-16-,20-17-,21-18-,27-25-,28-26-,40-37-,49-46-. The molecule has 12 heteroatoms. The summed E-state index contributed by atoms with van der Waals surface area (Å²) >= 11 is 0. The van der Waals surface area contributed by atoms with Gasteiger partial charge in [-0.1, -0.05) is 234 Å². The highest BCUT2D eigenvalue weighted by atomic mass is 31.2. The molecule has 11 nitrogen and oxygen atoms in total. The SMILES string of the molecule is CC/C=C\C/C=C\C/C=C\C/C=C\CCC(=O)OCC(COP(=O)(O)OCC(CO)OC(=O)CCCCCCCCCCC/C=C\C/C=C\CCCCC)OC(=O)CCCCCCCCCCC/C=C\C/C=C\CCCCC. The molecular weight excluding hydrogens is 1000 g/mol. The van der Waals surface area contributed by atoms with E-state index in [0.29, 0.717) is 19.3 Å². The molecule has 0 aliphatic rings. The number of phosphoric acid groups is 1. The Morgan fingerprint density at radius 2 is 0.692 bits per heavy atom. The Balaban J connectivity index is 4.71. The molecule has 0 aliphatic carbocycles. The third-order valence-corrected chi connectivity index (χ3v) is 13.9. The van der Waals surface area contributed by atoms with Crippen molar-refractivity contribution in [2.24, 2.45) is 0 Å². The maximum atomic E-state index is 12.9. The van der Waals surface area contributed by atoms with E-state index in [2.05, 4.69) is 106 Å². The largest absolute Gasteiger partial charge is 0.472 e. The van der Waals surface area contributed by atoms with Gasteiger partial charge in [0.25, 0.3) is 0 Å². The molecule has 0 saturated heterocycles. The van der Waals surface area contributed by atoms with Crippen LogP contribution in [0.3, 0.4) is 0 Å². The van der Waals surface area contributed by atoms with Crippen molar-refractivity contribution in [1.82, 2.24) is 0 Å². The van der Waals surface area contributed by atoms with Gasteiger partial charge < -0.3 is 24.2 Å². The van der Waals surface area contributed by atoms with E-state index >= 15 is 0 Å². The fourth-order valence-electron chi connectivity index (χ4n) is 8.25. The Bertz CT molecular complexity index is 1680. The summed E-state index contributed by atoms with van der Waals surface area (Å²) in [6.07, 6.45) is 70.9. The molecule has 0 amide bonds. The van der Waals surface area contributed by atoms with Crippen LogP contribution in [0.1, 0.15) is 265 Å². The summed E-state index contributed by atoms with van der Waals surface area (Å²) in [6.45, 7) is 4.41. The summed E-state index contributed by atoms with van der Waals surface area (Å²) in [5, 5.41) is 9.85. The first-order valence-corrected chi connectivity index (χ1v) is 32.6. The molecule has 0 bridgehead atoms. The number of hydrogen-bond donors (Lipinski definition) is 2.